The first-order valence-corrected chi connectivity index (χ1v) is 9.63. The summed E-state index contributed by atoms with van der Waals surface area (Å²) in [6.45, 7) is 9.56. The lowest BCUT2D eigenvalue weighted by Crippen LogP contribution is -2.55. The quantitative estimate of drug-likeness (QED) is 0.899. The van der Waals surface area contributed by atoms with Crippen LogP contribution in [0.5, 0.6) is 0 Å². The average Bonchev–Trinajstić information content (AvgIpc) is 3.15. The van der Waals surface area contributed by atoms with Crippen LogP contribution in [0.25, 0.3) is 0 Å². The summed E-state index contributed by atoms with van der Waals surface area (Å²) >= 11 is 0. The van der Waals surface area contributed by atoms with Gasteiger partial charge in [0, 0.05) is 50.0 Å². The van der Waals surface area contributed by atoms with E-state index in [1.165, 1.54) is 6.42 Å². The number of hydrogen-bond donors (Lipinski definition) is 1. The van der Waals surface area contributed by atoms with Crippen LogP contribution < -0.4 is 10.2 Å². The number of aromatic nitrogens is 2. The number of carbonyl (C=O) groups is 1. The number of piperidine rings is 1. The minimum absolute atomic E-state index is 0.00691. The molecule has 3 aliphatic heterocycles. The fraction of sp³-hybridized carbons (Fsp3) is 0.737. The van der Waals surface area contributed by atoms with Gasteiger partial charge in [-0.1, -0.05) is 13.8 Å². The SMILES string of the molecule is CC(C)CCN1C[C@@H]2C(=O)NC3(CCN(c4cnccn4)CC3)[C@H]2C1. The van der Waals surface area contributed by atoms with Crippen LogP contribution in [-0.2, 0) is 4.79 Å². The van der Waals surface area contributed by atoms with Crippen LogP contribution in [0.1, 0.15) is 33.1 Å². The first kappa shape index (κ1) is 16.8. The van der Waals surface area contributed by atoms with Crippen LogP contribution in [0.15, 0.2) is 18.6 Å². The second kappa shape index (κ2) is 6.56. The monoisotopic (exact) mass is 343 g/mol. The second-order valence-corrected chi connectivity index (χ2v) is 8.35. The van der Waals surface area contributed by atoms with Gasteiger partial charge in [-0.2, -0.15) is 0 Å². The topological polar surface area (TPSA) is 61.4 Å². The molecule has 0 aromatic carbocycles. The molecule has 1 amide bonds. The van der Waals surface area contributed by atoms with Gasteiger partial charge in [0.25, 0.3) is 0 Å². The molecule has 1 aromatic heterocycles. The number of rotatable bonds is 4. The van der Waals surface area contributed by atoms with Crippen molar-refractivity contribution < 1.29 is 4.79 Å². The molecule has 1 spiro atoms. The lowest BCUT2D eigenvalue weighted by molar-refractivity contribution is -0.123. The van der Waals surface area contributed by atoms with Crippen LogP contribution in [0.2, 0.25) is 0 Å². The van der Waals surface area contributed by atoms with Crippen LogP contribution in [0.3, 0.4) is 0 Å². The van der Waals surface area contributed by atoms with Gasteiger partial charge in [-0.15, -0.1) is 0 Å². The molecule has 0 saturated carbocycles. The lowest BCUT2D eigenvalue weighted by atomic mass is 9.75. The summed E-state index contributed by atoms with van der Waals surface area (Å²) in [5.41, 5.74) is -0.00691. The molecule has 0 unspecified atom stereocenters. The van der Waals surface area contributed by atoms with E-state index < -0.39 is 0 Å². The molecule has 4 rings (SSSR count). The highest BCUT2D eigenvalue weighted by molar-refractivity contribution is 5.83. The van der Waals surface area contributed by atoms with Crippen molar-refractivity contribution in [3.8, 4) is 0 Å². The largest absolute Gasteiger partial charge is 0.355 e. The Bertz CT molecular complexity index is 612. The Kier molecular flexibility index (Phi) is 4.40. The summed E-state index contributed by atoms with van der Waals surface area (Å²) < 4.78 is 0. The van der Waals surface area contributed by atoms with E-state index >= 15 is 0 Å². The average molecular weight is 343 g/mol. The second-order valence-electron chi connectivity index (χ2n) is 8.35. The predicted molar refractivity (Wildman–Crippen MR) is 97.2 cm³/mol. The van der Waals surface area contributed by atoms with E-state index in [9.17, 15) is 4.79 Å². The van der Waals surface area contributed by atoms with E-state index in [-0.39, 0.29) is 17.4 Å². The van der Waals surface area contributed by atoms with Gasteiger partial charge in [0.2, 0.25) is 5.91 Å². The van der Waals surface area contributed by atoms with Gasteiger partial charge in [-0.3, -0.25) is 9.78 Å². The van der Waals surface area contributed by atoms with E-state index in [2.05, 4.69) is 38.9 Å². The number of amides is 1. The highest BCUT2D eigenvalue weighted by atomic mass is 16.2. The zero-order valence-corrected chi connectivity index (χ0v) is 15.3. The van der Waals surface area contributed by atoms with Crippen molar-refractivity contribution in [1.29, 1.82) is 0 Å². The maximum absolute atomic E-state index is 12.6. The fourth-order valence-electron chi connectivity index (χ4n) is 4.85. The number of nitrogens with one attached hydrogen (secondary N) is 1. The lowest BCUT2D eigenvalue weighted by Gasteiger charge is -2.43. The molecule has 136 valence electrons. The maximum Gasteiger partial charge on any atom is 0.225 e. The molecule has 3 saturated heterocycles. The van der Waals surface area contributed by atoms with Gasteiger partial charge < -0.3 is 15.1 Å². The first-order chi connectivity index (χ1) is 12.1. The molecule has 4 heterocycles. The highest BCUT2D eigenvalue weighted by Crippen LogP contribution is 2.44. The molecule has 2 atom stereocenters. The Morgan fingerprint density at radius 2 is 2.08 bits per heavy atom. The van der Waals surface area contributed by atoms with Gasteiger partial charge in [-0.25, -0.2) is 4.98 Å². The van der Waals surface area contributed by atoms with E-state index in [0.29, 0.717) is 5.92 Å². The Morgan fingerprint density at radius 1 is 1.28 bits per heavy atom. The van der Waals surface area contributed by atoms with Gasteiger partial charge in [0.05, 0.1) is 12.1 Å². The van der Waals surface area contributed by atoms with Crippen molar-refractivity contribution in [2.24, 2.45) is 17.8 Å². The summed E-state index contributed by atoms with van der Waals surface area (Å²) in [7, 11) is 0. The molecule has 0 bridgehead atoms. The molecular formula is C19H29N5O. The standard InChI is InChI=1S/C19H29N5O/c1-14(2)3-8-23-12-15-16(13-23)19(22-18(15)25)4-9-24(10-5-19)17-11-20-6-7-21-17/h6-7,11,14-16H,3-5,8-10,12-13H2,1-2H3,(H,22,25)/t15-,16-/m0/s1. The van der Waals surface area contributed by atoms with Gasteiger partial charge >= 0.3 is 0 Å². The summed E-state index contributed by atoms with van der Waals surface area (Å²) in [5, 5.41) is 3.40. The van der Waals surface area contributed by atoms with Gasteiger partial charge in [0.1, 0.15) is 5.82 Å². The Labute approximate surface area is 150 Å². The third kappa shape index (κ3) is 3.12. The van der Waals surface area contributed by atoms with Crippen LogP contribution in [-0.4, -0.2) is 59.0 Å². The zero-order chi connectivity index (χ0) is 17.4. The molecule has 1 N–H and O–H groups in total. The molecule has 0 aliphatic carbocycles. The molecule has 6 heteroatoms. The van der Waals surface area contributed by atoms with E-state index in [1.807, 2.05) is 6.20 Å². The van der Waals surface area contributed by atoms with Crippen molar-refractivity contribution in [2.45, 2.75) is 38.6 Å². The molecule has 1 aromatic rings. The molecule has 3 fully saturated rings. The summed E-state index contributed by atoms with van der Waals surface area (Å²) in [6, 6.07) is 0. The van der Waals surface area contributed by atoms with Crippen LogP contribution in [0, 0.1) is 17.8 Å². The number of likely N-dealkylation sites (tertiary alicyclic amines) is 1. The molecule has 25 heavy (non-hydrogen) atoms. The first-order valence-electron chi connectivity index (χ1n) is 9.63. The zero-order valence-electron chi connectivity index (χ0n) is 15.3. The van der Waals surface area contributed by atoms with Crippen molar-refractivity contribution in [3.63, 3.8) is 0 Å². The van der Waals surface area contributed by atoms with Crippen molar-refractivity contribution >= 4 is 11.7 Å². The molecule has 3 aliphatic rings. The van der Waals surface area contributed by atoms with Crippen molar-refractivity contribution in [2.75, 3.05) is 37.6 Å². The summed E-state index contributed by atoms with van der Waals surface area (Å²) in [5.74, 6) is 2.61. The Hall–Kier alpha value is -1.69. The third-order valence-corrected chi connectivity index (χ3v) is 6.37. The fourth-order valence-corrected chi connectivity index (χ4v) is 4.85. The normalized spacial score (nSPS) is 28.6. The van der Waals surface area contributed by atoms with Gasteiger partial charge in [0.15, 0.2) is 0 Å². The predicted octanol–water partition coefficient (Wildman–Crippen LogP) is 1.54. The van der Waals surface area contributed by atoms with Crippen LogP contribution in [0.4, 0.5) is 5.82 Å². The number of fused-ring (bicyclic) bond motifs is 2. The maximum atomic E-state index is 12.6. The minimum atomic E-state index is -0.00691. The highest BCUT2D eigenvalue weighted by Gasteiger charge is 2.57. The number of nitrogens with zero attached hydrogens (tertiary/aromatic N) is 4. The van der Waals surface area contributed by atoms with E-state index in [0.717, 1.165) is 57.3 Å². The Morgan fingerprint density at radius 3 is 2.76 bits per heavy atom. The summed E-state index contributed by atoms with van der Waals surface area (Å²) in [6.07, 6.45) is 8.52. The number of anilines is 1. The minimum Gasteiger partial charge on any atom is -0.355 e. The molecule has 0 radical (unpaired) electrons. The van der Waals surface area contributed by atoms with Crippen LogP contribution >= 0.6 is 0 Å². The van der Waals surface area contributed by atoms with E-state index in [4.69, 9.17) is 0 Å². The van der Waals surface area contributed by atoms with Crippen molar-refractivity contribution in [3.05, 3.63) is 18.6 Å². The van der Waals surface area contributed by atoms with Gasteiger partial charge in [-0.05, 0) is 31.7 Å². The molecular weight excluding hydrogens is 314 g/mol. The number of hydrogen-bond acceptors (Lipinski definition) is 5. The molecule has 6 nitrogen and oxygen atoms in total. The van der Waals surface area contributed by atoms with E-state index in [1.54, 1.807) is 12.4 Å². The smallest absolute Gasteiger partial charge is 0.225 e. The number of carbonyl (C=O) groups excluding carboxylic acids is 1. The van der Waals surface area contributed by atoms with Crippen molar-refractivity contribution in [1.82, 2.24) is 20.2 Å². The third-order valence-electron chi connectivity index (χ3n) is 6.37. The Balaban J connectivity index is 1.42. The summed E-state index contributed by atoms with van der Waals surface area (Å²) in [4.78, 5) is 26.0.